The van der Waals surface area contributed by atoms with Gasteiger partial charge in [0.15, 0.2) is 11.5 Å². The molecule has 1 atom stereocenters. The molecule has 6 nitrogen and oxygen atoms in total. The molecule has 1 aliphatic heterocycles. The Bertz CT molecular complexity index is 476. The third-order valence-electron chi connectivity index (χ3n) is 4.08. The Labute approximate surface area is 139 Å². The van der Waals surface area contributed by atoms with E-state index in [1.54, 1.807) is 7.11 Å². The summed E-state index contributed by atoms with van der Waals surface area (Å²) < 4.78 is 17.0. The first kappa shape index (κ1) is 18.0. The van der Waals surface area contributed by atoms with Crippen molar-refractivity contribution >= 4 is 0 Å². The molecule has 6 heteroatoms. The van der Waals surface area contributed by atoms with Crippen molar-refractivity contribution < 1.29 is 14.2 Å². The maximum Gasteiger partial charge on any atom is 0.166 e. The Morgan fingerprint density at radius 1 is 1.30 bits per heavy atom. The Morgan fingerprint density at radius 3 is 2.65 bits per heavy atom. The third kappa shape index (κ3) is 4.81. The molecule has 2 rings (SSSR count). The second kappa shape index (κ2) is 9.08. The van der Waals surface area contributed by atoms with E-state index >= 15 is 0 Å². The summed E-state index contributed by atoms with van der Waals surface area (Å²) in [4.78, 5) is 4.45. The van der Waals surface area contributed by atoms with E-state index in [9.17, 15) is 0 Å². The van der Waals surface area contributed by atoms with Crippen molar-refractivity contribution in [2.24, 2.45) is 5.73 Å². The Balaban J connectivity index is 2.23. The standard InChI is InChI=1S/C17H29N3O3/c1-19(2)7-12-23-17-14(5-4-6-16(17)21-3)15(13-18)20-8-10-22-11-9-20/h4-6,15H,7-13,18H2,1-3H3. The summed E-state index contributed by atoms with van der Waals surface area (Å²) >= 11 is 0. The number of benzene rings is 1. The SMILES string of the molecule is COc1cccc(C(CN)N2CCOCC2)c1OCCN(C)C. The molecule has 1 heterocycles. The van der Waals surface area contributed by atoms with Gasteiger partial charge in [0.05, 0.1) is 26.4 Å². The quantitative estimate of drug-likeness (QED) is 0.769. The van der Waals surface area contributed by atoms with E-state index in [1.165, 1.54) is 0 Å². The molecule has 1 aliphatic rings. The van der Waals surface area contributed by atoms with Gasteiger partial charge < -0.3 is 24.8 Å². The average Bonchev–Trinajstić information content (AvgIpc) is 2.57. The maximum atomic E-state index is 6.09. The second-order valence-corrected chi connectivity index (χ2v) is 5.93. The molecule has 0 spiro atoms. The first-order valence-corrected chi connectivity index (χ1v) is 8.13. The first-order chi connectivity index (χ1) is 11.2. The summed E-state index contributed by atoms with van der Waals surface area (Å²) in [5.74, 6) is 1.56. The van der Waals surface area contributed by atoms with Crippen LogP contribution in [-0.2, 0) is 4.74 Å². The zero-order chi connectivity index (χ0) is 16.7. The molecule has 0 bridgehead atoms. The van der Waals surface area contributed by atoms with Crippen molar-refractivity contribution in [1.29, 1.82) is 0 Å². The van der Waals surface area contributed by atoms with Crippen LogP contribution in [0, 0.1) is 0 Å². The van der Waals surface area contributed by atoms with Crippen LogP contribution in [-0.4, -0.2) is 77.0 Å². The van der Waals surface area contributed by atoms with Crippen LogP contribution < -0.4 is 15.2 Å². The molecular formula is C17H29N3O3. The zero-order valence-corrected chi connectivity index (χ0v) is 14.5. The summed E-state index contributed by atoms with van der Waals surface area (Å²) in [6.07, 6.45) is 0. The van der Waals surface area contributed by atoms with Crippen LogP contribution in [0.15, 0.2) is 18.2 Å². The number of ether oxygens (including phenoxy) is 3. The van der Waals surface area contributed by atoms with Gasteiger partial charge in [-0.15, -0.1) is 0 Å². The van der Waals surface area contributed by atoms with Crippen LogP contribution in [0.2, 0.25) is 0 Å². The van der Waals surface area contributed by atoms with E-state index in [0.717, 1.165) is 49.9 Å². The van der Waals surface area contributed by atoms with E-state index in [2.05, 4.69) is 15.9 Å². The van der Waals surface area contributed by atoms with Gasteiger partial charge in [0.1, 0.15) is 6.61 Å². The van der Waals surface area contributed by atoms with Gasteiger partial charge >= 0.3 is 0 Å². The Morgan fingerprint density at radius 2 is 2.04 bits per heavy atom. The summed E-state index contributed by atoms with van der Waals surface area (Å²) in [5.41, 5.74) is 7.18. The van der Waals surface area contributed by atoms with Crippen LogP contribution >= 0.6 is 0 Å². The minimum atomic E-state index is 0.114. The minimum Gasteiger partial charge on any atom is -0.493 e. The lowest BCUT2D eigenvalue weighted by Gasteiger charge is -2.35. The van der Waals surface area contributed by atoms with E-state index in [-0.39, 0.29) is 6.04 Å². The summed E-state index contributed by atoms with van der Waals surface area (Å²) in [7, 11) is 5.73. The van der Waals surface area contributed by atoms with Crippen molar-refractivity contribution in [2.45, 2.75) is 6.04 Å². The molecule has 0 aliphatic carbocycles. The summed E-state index contributed by atoms with van der Waals surface area (Å²) in [6, 6.07) is 6.13. The fourth-order valence-corrected chi connectivity index (χ4v) is 2.80. The lowest BCUT2D eigenvalue weighted by Crippen LogP contribution is -2.42. The third-order valence-corrected chi connectivity index (χ3v) is 4.08. The minimum absolute atomic E-state index is 0.114. The number of nitrogens with two attached hydrogens (primary N) is 1. The lowest BCUT2D eigenvalue weighted by molar-refractivity contribution is 0.0172. The van der Waals surface area contributed by atoms with E-state index in [0.29, 0.717) is 13.2 Å². The van der Waals surface area contributed by atoms with Crippen LogP contribution in [0.1, 0.15) is 11.6 Å². The van der Waals surface area contributed by atoms with Crippen molar-refractivity contribution in [2.75, 3.05) is 67.2 Å². The van der Waals surface area contributed by atoms with Gasteiger partial charge in [-0.25, -0.2) is 0 Å². The Kier molecular flexibility index (Phi) is 7.11. The van der Waals surface area contributed by atoms with Gasteiger partial charge in [-0.1, -0.05) is 12.1 Å². The molecule has 1 unspecified atom stereocenters. The fourth-order valence-electron chi connectivity index (χ4n) is 2.80. The largest absolute Gasteiger partial charge is 0.493 e. The van der Waals surface area contributed by atoms with Crippen LogP contribution in [0.25, 0.3) is 0 Å². The smallest absolute Gasteiger partial charge is 0.166 e. The van der Waals surface area contributed by atoms with Gasteiger partial charge in [-0.05, 0) is 20.2 Å². The predicted molar refractivity (Wildman–Crippen MR) is 91.2 cm³/mol. The summed E-state index contributed by atoms with van der Waals surface area (Å²) in [6.45, 7) is 5.27. The molecule has 130 valence electrons. The zero-order valence-electron chi connectivity index (χ0n) is 14.5. The molecule has 0 radical (unpaired) electrons. The number of morpholine rings is 1. The van der Waals surface area contributed by atoms with Crippen LogP contribution in [0.5, 0.6) is 11.5 Å². The second-order valence-electron chi connectivity index (χ2n) is 5.93. The number of likely N-dealkylation sites (N-methyl/N-ethyl adjacent to an activating group) is 1. The van der Waals surface area contributed by atoms with Gasteiger partial charge in [-0.2, -0.15) is 0 Å². The molecular weight excluding hydrogens is 294 g/mol. The first-order valence-electron chi connectivity index (χ1n) is 8.13. The van der Waals surface area contributed by atoms with E-state index < -0.39 is 0 Å². The summed E-state index contributed by atoms with van der Waals surface area (Å²) in [5, 5.41) is 0. The molecule has 23 heavy (non-hydrogen) atoms. The molecule has 0 aromatic heterocycles. The monoisotopic (exact) mass is 323 g/mol. The molecule has 1 fully saturated rings. The number of para-hydroxylation sites is 1. The van der Waals surface area contributed by atoms with Crippen molar-refractivity contribution in [3.05, 3.63) is 23.8 Å². The van der Waals surface area contributed by atoms with E-state index in [4.69, 9.17) is 19.9 Å². The van der Waals surface area contributed by atoms with Crippen molar-refractivity contribution in [3.8, 4) is 11.5 Å². The van der Waals surface area contributed by atoms with Crippen LogP contribution in [0.3, 0.4) is 0 Å². The predicted octanol–water partition coefficient (Wildman–Crippen LogP) is 0.968. The Hall–Kier alpha value is -1.34. The van der Waals surface area contributed by atoms with Crippen molar-refractivity contribution in [1.82, 2.24) is 9.80 Å². The average molecular weight is 323 g/mol. The van der Waals surface area contributed by atoms with Crippen LogP contribution in [0.4, 0.5) is 0 Å². The maximum absolute atomic E-state index is 6.09. The molecule has 1 saturated heterocycles. The van der Waals surface area contributed by atoms with Gasteiger partial charge in [-0.3, -0.25) is 4.90 Å². The van der Waals surface area contributed by atoms with Gasteiger partial charge in [0.25, 0.3) is 0 Å². The lowest BCUT2D eigenvalue weighted by atomic mass is 10.0. The van der Waals surface area contributed by atoms with E-state index in [1.807, 2.05) is 26.2 Å². The number of nitrogens with zero attached hydrogens (tertiary/aromatic N) is 2. The number of hydrogen-bond acceptors (Lipinski definition) is 6. The van der Waals surface area contributed by atoms with Gasteiger partial charge in [0.2, 0.25) is 0 Å². The van der Waals surface area contributed by atoms with Crippen molar-refractivity contribution in [3.63, 3.8) is 0 Å². The molecule has 0 saturated carbocycles. The molecule has 1 aromatic rings. The topological polar surface area (TPSA) is 60.2 Å². The van der Waals surface area contributed by atoms with Gasteiger partial charge in [0, 0.05) is 31.7 Å². The normalized spacial score (nSPS) is 17.3. The molecule has 0 amide bonds. The molecule has 2 N–H and O–H groups in total. The highest BCUT2D eigenvalue weighted by Crippen LogP contribution is 2.37. The highest BCUT2D eigenvalue weighted by Gasteiger charge is 2.25. The number of rotatable bonds is 8. The number of hydrogen-bond donors (Lipinski definition) is 1. The molecule has 1 aromatic carbocycles. The highest BCUT2D eigenvalue weighted by molar-refractivity contribution is 5.48. The number of methoxy groups -OCH3 is 1. The fraction of sp³-hybridized carbons (Fsp3) is 0.647. The highest BCUT2D eigenvalue weighted by atomic mass is 16.5.